The molecule has 0 aliphatic heterocycles. The van der Waals surface area contributed by atoms with Crippen molar-refractivity contribution in [2.45, 2.75) is 24.8 Å². The van der Waals surface area contributed by atoms with E-state index in [1.165, 1.54) is 6.07 Å². The van der Waals surface area contributed by atoms with Crippen molar-refractivity contribution in [2.24, 2.45) is 0 Å². The van der Waals surface area contributed by atoms with Crippen LogP contribution in [0.15, 0.2) is 41.6 Å². The third kappa shape index (κ3) is 3.53. The molecule has 0 bridgehead atoms. The van der Waals surface area contributed by atoms with Gasteiger partial charge in [0.25, 0.3) is 5.91 Å². The Morgan fingerprint density at radius 1 is 1.28 bits per heavy atom. The number of rotatable bonds is 4. The topological polar surface area (TPSA) is 105 Å². The Balaban J connectivity index is 2.08. The van der Waals surface area contributed by atoms with Crippen LogP contribution in [0.2, 0.25) is 0 Å². The number of aromatic amines is 1. The molecule has 0 radical (unpaired) electrons. The lowest BCUT2D eigenvalue weighted by Gasteiger charge is -2.07. The maximum atomic E-state index is 12.3. The van der Waals surface area contributed by atoms with Crippen molar-refractivity contribution in [3.05, 3.63) is 42.2 Å². The van der Waals surface area contributed by atoms with Crippen LogP contribution in [0, 0.1) is 0 Å². The second kappa shape index (κ2) is 6.29. The van der Waals surface area contributed by atoms with Gasteiger partial charge in [0, 0.05) is 24.1 Å². The van der Waals surface area contributed by atoms with Gasteiger partial charge in [-0.25, -0.2) is 18.4 Å². The van der Waals surface area contributed by atoms with Gasteiger partial charge in [-0.05, 0) is 26.0 Å². The van der Waals surface area contributed by atoms with E-state index in [2.05, 4.69) is 20.3 Å². The fourth-order valence-electron chi connectivity index (χ4n) is 2.43. The molecule has 0 spiro atoms. The molecule has 0 unspecified atom stereocenters. The normalized spacial score (nSPS) is 11.8. The molecule has 0 aliphatic rings. The van der Waals surface area contributed by atoms with Crippen LogP contribution in [0.1, 0.15) is 24.2 Å². The quantitative estimate of drug-likeness (QED) is 0.744. The molecule has 2 N–H and O–H groups in total. The number of carbonyl (C=O) groups excluding carboxylic acids is 1. The number of aromatic nitrogens is 3. The molecule has 1 amide bonds. The smallest absolute Gasteiger partial charge is 0.255 e. The summed E-state index contributed by atoms with van der Waals surface area (Å²) in [5.41, 5.74) is 2.46. The number of sulfone groups is 1. The average Bonchev–Trinajstić information content (AvgIpc) is 2.96. The summed E-state index contributed by atoms with van der Waals surface area (Å²) in [7, 11) is -3.32. The number of hydrogen-bond acceptors (Lipinski definition) is 5. The first kappa shape index (κ1) is 17.1. The van der Waals surface area contributed by atoms with Gasteiger partial charge in [0.15, 0.2) is 15.5 Å². The zero-order valence-electron chi connectivity index (χ0n) is 14.1. The SMILES string of the molecule is CC(C)NC(=O)c1c[nH]c2ncc(-c3cccc(S(C)(=O)=O)c3)nc12. The summed E-state index contributed by atoms with van der Waals surface area (Å²) in [6, 6.07) is 6.49. The monoisotopic (exact) mass is 358 g/mol. The van der Waals surface area contributed by atoms with Crippen molar-refractivity contribution in [3.63, 3.8) is 0 Å². The Morgan fingerprint density at radius 2 is 2.04 bits per heavy atom. The van der Waals surface area contributed by atoms with Crippen LogP contribution in [0.5, 0.6) is 0 Å². The molecule has 0 atom stereocenters. The van der Waals surface area contributed by atoms with E-state index in [9.17, 15) is 13.2 Å². The predicted octanol–water partition coefficient (Wildman–Crippen LogP) is 2.17. The van der Waals surface area contributed by atoms with E-state index < -0.39 is 9.84 Å². The molecule has 2 aromatic heterocycles. The molecule has 0 saturated carbocycles. The molecule has 0 aliphatic carbocycles. The van der Waals surface area contributed by atoms with Crippen LogP contribution in [-0.4, -0.2) is 41.6 Å². The van der Waals surface area contributed by atoms with Crippen LogP contribution in [0.3, 0.4) is 0 Å². The van der Waals surface area contributed by atoms with E-state index in [4.69, 9.17) is 0 Å². The number of amides is 1. The zero-order valence-corrected chi connectivity index (χ0v) is 14.9. The van der Waals surface area contributed by atoms with Gasteiger partial charge in [0.2, 0.25) is 0 Å². The molecular formula is C17H18N4O3S. The third-order valence-corrected chi connectivity index (χ3v) is 4.71. The highest BCUT2D eigenvalue weighted by atomic mass is 32.2. The predicted molar refractivity (Wildman–Crippen MR) is 95.0 cm³/mol. The summed E-state index contributed by atoms with van der Waals surface area (Å²) < 4.78 is 23.5. The van der Waals surface area contributed by atoms with Crippen molar-refractivity contribution < 1.29 is 13.2 Å². The van der Waals surface area contributed by atoms with Gasteiger partial charge in [-0.1, -0.05) is 12.1 Å². The number of carbonyl (C=O) groups is 1. The number of nitrogens with one attached hydrogen (secondary N) is 2. The summed E-state index contributed by atoms with van der Waals surface area (Å²) in [4.78, 5) is 24.2. The molecule has 7 nitrogen and oxygen atoms in total. The fourth-order valence-corrected chi connectivity index (χ4v) is 3.10. The Morgan fingerprint density at radius 3 is 2.72 bits per heavy atom. The van der Waals surface area contributed by atoms with Gasteiger partial charge in [-0.2, -0.15) is 0 Å². The molecule has 130 valence electrons. The highest BCUT2D eigenvalue weighted by Crippen LogP contribution is 2.23. The van der Waals surface area contributed by atoms with Gasteiger partial charge in [-0.15, -0.1) is 0 Å². The standard InChI is InChI=1S/C17H18N4O3S/c1-10(2)20-17(22)13-8-18-16-15(13)21-14(9-19-16)11-5-4-6-12(7-11)25(3,23)24/h4-10H,1-3H3,(H,18,19)(H,20,22). The van der Waals surface area contributed by atoms with Crippen molar-refractivity contribution in [3.8, 4) is 11.3 Å². The van der Waals surface area contributed by atoms with Crippen LogP contribution >= 0.6 is 0 Å². The number of hydrogen-bond donors (Lipinski definition) is 2. The van der Waals surface area contributed by atoms with E-state index in [0.29, 0.717) is 28.0 Å². The second-order valence-electron chi connectivity index (χ2n) is 6.08. The molecular weight excluding hydrogens is 340 g/mol. The first-order valence-electron chi connectivity index (χ1n) is 7.71. The van der Waals surface area contributed by atoms with E-state index >= 15 is 0 Å². The third-order valence-electron chi connectivity index (χ3n) is 3.60. The van der Waals surface area contributed by atoms with Crippen LogP contribution in [-0.2, 0) is 9.84 Å². The lowest BCUT2D eigenvalue weighted by Crippen LogP contribution is -2.29. The van der Waals surface area contributed by atoms with E-state index in [0.717, 1.165) is 6.26 Å². The van der Waals surface area contributed by atoms with Crippen molar-refractivity contribution in [1.29, 1.82) is 0 Å². The Hall–Kier alpha value is -2.74. The molecule has 3 aromatic rings. The van der Waals surface area contributed by atoms with Gasteiger partial charge in [-0.3, -0.25) is 4.79 Å². The molecule has 0 saturated heterocycles. The molecule has 8 heteroatoms. The highest BCUT2D eigenvalue weighted by Gasteiger charge is 2.16. The summed E-state index contributed by atoms with van der Waals surface area (Å²) in [6.45, 7) is 3.75. The van der Waals surface area contributed by atoms with Crippen molar-refractivity contribution >= 4 is 26.9 Å². The maximum Gasteiger partial charge on any atom is 0.255 e. The molecule has 3 rings (SSSR count). The second-order valence-corrected chi connectivity index (χ2v) is 8.10. The number of benzene rings is 1. The zero-order chi connectivity index (χ0) is 18.2. The summed E-state index contributed by atoms with van der Waals surface area (Å²) in [5, 5.41) is 2.82. The average molecular weight is 358 g/mol. The number of H-pyrrole nitrogens is 1. The van der Waals surface area contributed by atoms with Gasteiger partial charge < -0.3 is 10.3 Å². The Bertz CT molecular complexity index is 1050. The van der Waals surface area contributed by atoms with Crippen molar-refractivity contribution in [2.75, 3.05) is 6.26 Å². The van der Waals surface area contributed by atoms with Crippen LogP contribution in [0.25, 0.3) is 22.4 Å². The van der Waals surface area contributed by atoms with Crippen molar-refractivity contribution in [1.82, 2.24) is 20.3 Å². The molecule has 1 aromatic carbocycles. The minimum Gasteiger partial charge on any atom is -0.350 e. The first-order valence-corrected chi connectivity index (χ1v) is 9.60. The lowest BCUT2D eigenvalue weighted by molar-refractivity contribution is 0.0944. The largest absolute Gasteiger partial charge is 0.350 e. The number of fused-ring (bicyclic) bond motifs is 1. The number of nitrogens with zero attached hydrogens (tertiary/aromatic N) is 2. The summed E-state index contributed by atoms with van der Waals surface area (Å²) in [6.07, 6.45) is 4.27. The van der Waals surface area contributed by atoms with E-state index in [1.54, 1.807) is 30.6 Å². The summed E-state index contributed by atoms with van der Waals surface area (Å²) in [5.74, 6) is -0.238. The highest BCUT2D eigenvalue weighted by molar-refractivity contribution is 7.90. The van der Waals surface area contributed by atoms with Gasteiger partial charge in [0.05, 0.1) is 22.3 Å². The van der Waals surface area contributed by atoms with Gasteiger partial charge in [0.1, 0.15) is 5.52 Å². The molecule has 0 fully saturated rings. The molecule has 25 heavy (non-hydrogen) atoms. The Kier molecular flexibility index (Phi) is 4.30. The van der Waals surface area contributed by atoms with E-state index in [1.807, 2.05) is 13.8 Å². The minimum atomic E-state index is -3.32. The minimum absolute atomic E-state index is 0.0000317. The van der Waals surface area contributed by atoms with Crippen LogP contribution < -0.4 is 5.32 Å². The fraction of sp³-hybridized carbons (Fsp3) is 0.235. The van der Waals surface area contributed by atoms with E-state index in [-0.39, 0.29) is 16.8 Å². The maximum absolute atomic E-state index is 12.3. The lowest BCUT2D eigenvalue weighted by atomic mass is 10.1. The Labute approximate surface area is 145 Å². The first-order chi connectivity index (χ1) is 11.8. The van der Waals surface area contributed by atoms with Crippen LogP contribution in [0.4, 0.5) is 0 Å². The molecule has 2 heterocycles. The van der Waals surface area contributed by atoms with Gasteiger partial charge >= 0.3 is 0 Å². The summed E-state index contributed by atoms with van der Waals surface area (Å²) >= 11 is 0.